The van der Waals surface area contributed by atoms with E-state index >= 15 is 0 Å². The first-order chi connectivity index (χ1) is 6.52. The Bertz CT molecular complexity index is 198. The predicted molar refractivity (Wildman–Crippen MR) is 57.2 cm³/mol. The van der Waals surface area contributed by atoms with E-state index < -0.39 is 0 Å². The molecule has 0 radical (unpaired) electrons. The van der Waals surface area contributed by atoms with E-state index in [-0.39, 0.29) is 11.9 Å². The summed E-state index contributed by atoms with van der Waals surface area (Å²) < 4.78 is 0. The minimum atomic E-state index is 0.0266. The van der Waals surface area contributed by atoms with Gasteiger partial charge in [0.1, 0.15) is 0 Å². The standard InChI is InChI=1S/C10H21N3O/c1-9(10(14)11(2)3)13-7-5-12(4)6-8-13/h9H,5-8H2,1-4H3. The molecule has 0 aliphatic carbocycles. The van der Waals surface area contributed by atoms with Crippen LogP contribution in [0.25, 0.3) is 0 Å². The van der Waals surface area contributed by atoms with E-state index in [9.17, 15) is 4.79 Å². The summed E-state index contributed by atoms with van der Waals surface area (Å²) >= 11 is 0. The Hall–Kier alpha value is -0.610. The van der Waals surface area contributed by atoms with E-state index in [0.29, 0.717) is 0 Å². The Balaban J connectivity index is 2.45. The summed E-state index contributed by atoms with van der Waals surface area (Å²) in [6.07, 6.45) is 0. The quantitative estimate of drug-likeness (QED) is 0.611. The van der Waals surface area contributed by atoms with Gasteiger partial charge in [-0.2, -0.15) is 0 Å². The number of likely N-dealkylation sites (N-methyl/N-ethyl adjacent to an activating group) is 2. The smallest absolute Gasteiger partial charge is 0.239 e. The number of hydrogen-bond donors (Lipinski definition) is 0. The normalized spacial score (nSPS) is 22.0. The van der Waals surface area contributed by atoms with Crippen LogP contribution in [0.15, 0.2) is 0 Å². The molecule has 1 rings (SSSR count). The Morgan fingerprint density at radius 1 is 1.21 bits per heavy atom. The van der Waals surface area contributed by atoms with Crippen molar-refractivity contribution in [1.29, 1.82) is 0 Å². The van der Waals surface area contributed by atoms with Crippen molar-refractivity contribution in [1.82, 2.24) is 14.7 Å². The lowest BCUT2D eigenvalue weighted by Crippen LogP contribution is -2.52. The molecule has 0 N–H and O–H groups in total. The summed E-state index contributed by atoms with van der Waals surface area (Å²) in [5.74, 6) is 0.203. The first-order valence-corrected chi connectivity index (χ1v) is 5.16. The van der Waals surface area contributed by atoms with Gasteiger partial charge in [-0.15, -0.1) is 0 Å². The lowest BCUT2D eigenvalue weighted by Gasteiger charge is -2.36. The van der Waals surface area contributed by atoms with Crippen molar-refractivity contribution in [2.75, 3.05) is 47.3 Å². The number of rotatable bonds is 2. The molecule has 1 aliphatic heterocycles. The van der Waals surface area contributed by atoms with Crippen LogP contribution < -0.4 is 0 Å². The number of carbonyl (C=O) groups is 1. The van der Waals surface area contributed by atoms with Gasteiger partial charge in [-0.25, -0.2) is 0 Å². The Morgan fingerprint density at radius 2 is 1.71 bits per heavy atom. The highest BCUT2D eigenvalue weighted by Crippen LogP contribution is 2.06. The summed E-state index contributed by atoms with van der Waals surface area (Å²) in [4.78, 5) is 17.9. The minimum absolute atomic E-state index is 0.0266. The maximum atomic E-state index is 11.7. The van der Waals surface area contributed by atoms with Crippen molar-refractivity contribution in [3.63, 3.8) is 0 Å². The topological polar surface area (TPSA) is 26.8 Å². The predicted octanol–water partition coefficient (Wildman–Crippen LogP) is -0.289. The molecule has 0 aromatic carbocycles. The molecule has 0 bridgehead atoms. The van der Waals surface area contributed by atoms with Gasteiger partial charge in [0.05, 0.1) is 6.04 Å². The minimum Gasteiger partial charge on any atom is -0.347 e. The van der Waals surface area contributed by atoms with E-state index in [2.05, 4.69) is 16.8 Å². The van der Waals surface area contributed by atoms with E-state index in [4.69, 9.17) is 0 Å². The van der Waals surface area contributed by atoms with Crippen LogP contribution in [0.5, 0.6) is 0 Å². The largest absolute Gasteiger partial charge is 0.347 e. The lowest BCUT2D eigenvalue weighted by molar-refractivity contribution is -0.134. The molecular weight excluding hydrogens is 178 g/mol. The molecule has 1 heterocycles. The molecule has 4 heteroatoms. The third kappa shape index (κ3) is 2.69. The van der Waals surface area contributed by atoms with Crippen LogP contribution in [0.3, 0.4) is 0 Å². The number of hydrogen-bond acceptors (Lipinski definition) is 3. The summed E-state index contributed by atoms with van der Waals surface area (Å²) in [5.41, 5.74) is 0. The summed E-state index contributed by atoms with van der Waals surface area (Å²) in [6.45, 7) is 6.11. The lowest BCUT2D eigenvalue weighted by atomic mass is 10.2. The van der Waals surface area contributed by atoms with Gasteiger partial charge in [0.2, 0.25) is 5.91 Å². The molecule has 1 unspecified atom stereocenters. The molecular formula is C10H21N3O. The van der Waals surface area contributed by atoms with Crippen molar-refractivity contribution in [2.45, 2.75) is 13.0 Å². The van der Waals surface area contributed by atoms with Gasteiger partial charge in [0, 0.05) is 40.3 Å². The van der Waals surface area contributed by atoms with Crippen molar-refractivity contribution in [3.05, 3.63) is 0 Å². The van der Waals surface area contributed by atoms with Gasteiger partial charge < -0.3 is 9.80 Å². The second-order valence-corrected chi connectivity index (χ2v) is 4.25. The summed E-state index contributed by atoms with van der Waals surface area (Å²) in [5, 5.41) is 0. The Morgan fingerprint density at radius 3 is 2.14 bits per heavy atom. The monoisotopic (exact) mass is 199 g/mol. The average Bonchev–Trinajstić information content (AvgIpc) is 2.16. The van der Waals surface area contributed by atoms with Crippen LogP contribution in [0.1, 0.15) is 6.92 Å². The van der Waals surface area contributed by atoms with Crippen LogP contribution in [0, 0.1) is 0 Å². The van der Waals surface area contributed by atoms with Crippen molar-refractivity contribution in [2.24, 2.45) is 0 Å². The first kappa shape index (κ1) is 11.5. The third-order valence-corrected chi connectivity index (χ3v) is 2.88. The number of carbonyl (C=O) groups excluding carboxylic acids is 1. The molecule has 0 saturated carbocycles. The Labute approximate surface area is 86.5 Å². The second-order valence-electron chi connectivity index (χ2n) is 4.25. The first-order valence-electron chi connectivity index (χ1n) is 5.16. The van der Waals surface area contributed by atoms with E-state index in [0.717, 1.165) is 26.2 Å². The molecule has 1 atom stereocenters. The number of piperazine rings is 1. The highest BCUT2D eigenvalue weighted by atomic mass is 16.2. The van der Waals surface area contributed by atoms with Crippen LogP contribution >= 0.6 is 0 Å². The molecule has 1 saturated heterocycles. The van der Waals surface area contributed by atoms with Gasteiger partial charge >= 0.3 is 0 Å². The van der Waals surface area contributed by atoms with E-state index in [1.54, 1.807) is 4.90 Å². The molecule has 0 aromatic heterocycles. The molecule has 0 spiro atoms. The highest BCUT2D eigenvalue weighted by Gasteiger charge is 2.24. The molecule has 1 aliphatic rings. The second kappa shape index (κ2) is 4.75. The third-order valence-electron chi connectivity index (χ3n) is 2.88. The van der Waals surface area contributed by atoms with E-state index in [1.165, 1.54) is 0 Å². The van der Waals surface area contributed by atoms with Crippen molar-refractivity contribution < 1.29 is 4.79 Å². The van der Waals surface area contributed by atoms with Crippen LogP contribution in [-0.4, -0.2) is 74.0 Å². The fourth-order valence-electron chi connectivity index (χ4n) is 1.74. The molecule has 1 amide bonds. The molecule has 4 nitrogen and oxygen atoms in total. The summed E-state index contributed by atoms with van der Waals surface area (Å²) in [6, 6.07) is 0.0266. The van der Waals surface area contributed by atoms with Crippen molar-refractivity contribution >= 4 is 5.91 Å². The van der Waals surface area contributed by atoms with Crippen LogP contribution in [0.4, 0.5) is 0 Å². The van der Waals surface area contributed by atoms with Crippen LogP contribution in [0.2, 0.25) is 0 Å². The van der Waals surface area contributed by atoms with Crippen LogP contribution in [-0.2, 0) is 4.79 Å². The zero-order valence-corrected chi connectivity index (χ0v) is 9.66. The highest BCUT2D eigenvalue weighted by molar-refractivity contribution is 5.80. The molecule has 14 heavy (non-hydrogen) atoms. The fraction of sp³-hybridized carbons (Fsp3) is 0.900. The zero-order chi connectivity index (χ0) is 10.7. The molecule has 1 fully saturated rings. The van der Waals surface area contributed by atoms with Gasteiger partial charge in [-0.1, -0.05) is 0 Å². The van der Waals surface area contributed by atoms with E-state index in [1.807, 2.05) is 21.0 Å². The molecule has 0 aromatic rings. The van der Waals surface area contributed by atoms with Gasteiger partial charge in [-0.05, 0) is 14.0 Å². The Kier molecular flexibility index (Phi) is 3.89. The zero-order valence-electron chi connectivity index (χ0n) is 9.66. The fourth-order valence-corrected chi connectivity index (χ4v) is 1.74. The average molecular weight is 199 g/mol. The molecule has 82 valence electrons. The maximum absolute atomic E-state index is 11.7. The summed E-state index contributed by atoms with van der Waals surface area (Å²) in [7, 11) is 5.75. The SMILES string of the molecule is CC(C(=O)N(C)C)N1CCN(C)CC1. The van der Waals surface area contributed by atoms with Gasteiger partial charge in [0.25, 0.3) is 0 Å². The van der Waals surface area contributed by atoms with Crippen molar-refractivity contribution in [3.8, 4) is 0 Å². The number of nitrogens with zero attached hydrogens (tertiary/aromatic N) is 3. The van der Waals surface area contributed by atoms with Gasteiger partial charge in [0.15, 0.2) is 0 Å². The maximum Gasteiger partial charge on any atom is 0.239 e. The van der Waals surface area contributed by atoms with Gasteiger partial charge in [-0.3, -0.25) is 9.69 Å². The number of amides is 1.